The van der Waals surface area contributed by atoms with Gasteiger partial charge in [-0.2, -0.15) is 0 Å². The predicted molar refractivity (Wildman–Crippen MR) is 88.1 cm³/mol. The van der Waals surface area contributed by atoms with Crippen molar-refractivity contribution in [2.75, 3.05) is 0 Å². The molecule has 4 nitrogen and oxygen atoms in total. The highest BCUT2D eigenvalue weighted by molar-refractivity contribution is 5.91. The van der Waals surface area contributed by atoms with Gasteiger partial charge in [0.25, 0.3) is 0 Å². The molecule has 0 spiro atoms. The Hall–Kier alpha value is -1.84. The van der Waals surface area contributed by atoms with Crippen LogP contribution in [0, 0.1) is 5.92 Å². The molecule has 1 aromatic carbocycles. The molecule has 124 valence electrons. The summed E-state index contributed by atoms with van der Waals surface area (Å²) in [4.78, 5) is 24.7. The average molecular weight is 315 g/mol. The van der Waals surface area contributed by atoms with Crippen molar-refractivity contribution in [2.45, 2.75) is 62.8 Å². The number of carbonyl (C=O) groups is 2. The molecule has 4 heteroatoms. The number of amides is 1. The van der Waals surface area contributed by atoms with Crippen LogP contribution in [0.2, 0.25) is 0 Å². The van der Waals surface area contributed by atoms with Crippen molar-refractivity contribution < 1.29 is 14.7 Å². The minimum Gasteiger partial charge on any atom is -0.480 e. The van der Waals surface area contributed by atoms with Gasteiger partial charge in [-0.3, -0.25) is 4.79 Å². The van der Waals surface area contributed by atoms with Crippen LogP contribution in [0.1, 0.15) is 62.8 Å². The number of carbonyl (C=O) groups excluding carboxylic acids is 1. The van der Waals surface area contributed by atoms with E-state index in [-0.39, 0.29) is 11.8 Å². The number of carboxylic acids is 1. The Kier molecular flexibility index (Phi) is 4.69. The van der Waals surface area contributed by atoms with Crippen molar-refractivity contribution in [3.63, 3.8) is 0 Å². The topological polar surface area (TPSA) is 66.4 Å². The smallest absolute Gasteiger partial charge is 0.329 e. The summed E-state index contributed by atoms with van der Waals surface area (Å²) in [7, 11) is 0. The third-order valence-corrected chi connectivity index (χ3v) is 5.54. The summed E-state index contributed by atoms with van der Waals surface area (Å²) >= 11 is 0. The highest BCUT2D eigenvalue weighted by Crippen LogP contribution is 2.39. The molecule has 0 aromatic heterocycles. The Morgan fingerprint density at radius 3 is 2.22 bits per heavy atom. The summed E-state index contributed by atoms with van der Waals surface area (Å²) in [5, 5.41) is 12.5. The fourth-order valence-electron chi connectivity index (χ4n) is 4.27. The Bertz CT molecular complexity index is 557. The van der Waals surface area contributed by atoms with Gasteiger partial charge in [-0.1, -0.05) is 56.0 Å². The largest absolute Gasteiger partial charge is 0.480 e. The van der Waals surface area contributed by atoms with E-state index in [9.17, 15) is 14.7 Å². The summed E-state index contributed by atoms with van der Waals surface area (Å²) < 4.78 is 0. The molecule has 2 aliphatic carbocycles. The first-order valence-electron chi connectivity index (χ1n) is 8.73. The summed E-state index contributed by atoms with van der Waals surface area (Å²) in [5.74, 6) is -0.894. The van der Waals surface area contributed by atoms with Crippen LogP contribution in [0.15, 0.2) is 30.3 Å². The Morgan fingerprint density at radius 1 is 1.04 bits per heavy atom. The van der Waals surface area contributed by atoms with Crippen molar-refractivity contribution in [2.24, 2.45) is 5.92 Å². The molecule has 2 N–H and O–H groups in total. The fourth-order valence-corrected chi connectivity index (χ4v) is 4.27. The van der Waals surface area contributed by atoms with E-state index < -0.39 is 11.5 Å². The molecule has 1 aromatic rings. The number of hydrogen-bond donors (Lipinski definition) is 2. The molecule has 2 fully saturated rings. The van der Waals surface area contributed by atoms with Gasteiger partial charge in [0.15, 0.2) is 0 Å². The fraction of sp³-hybridized carbons (Fsp3) is 0.579. The molecule has 0 aliphatic heterocycles. The van der Waals surface area contributed by atoms with E-state index in [0.717, 1.165) is 44.1 Å². The van der Waals surface area contributed by atoms with Crippen LogP contribution >= 0.6 is 0 Å². The van der Waals surface area contributed by atoms with Crippen LogP contribution in [0.4, 0.5) is 0 Å². The number of aliphatic carboxylic acids is 1. The minimum absolute atomic E-state index is 0.104. The monoisotopic (exact) mass is 315 g/mol. The lowest BCUT2D eigenvalue weighted by Gasteiger charge is -2.30. The summed E-state index contributed by atoms with van der Waals surface area (Å²) in [6.07, 6.45) is 7.23. The SMILES string of the molecule is O=C(NC1(C(=O)O)CCCC1)[C@@H](c1ccccc1)C1CCCC1. The van der Waals surface area contributed by atoms with E-state index in [1.165, 1.54) is 0 Å². The zero-order chi connectivity index (χ0) is 16.3. The second-order valence-corrected chi connectivity index (χ2v) is 7.02. The van der Waals surface area contributed by atoms with Gasteiger partial charge in [0.2, 0.25) is 5.91 Å². The molecule has 0 unspecified atom stereocenters. The summed E-state index contributed by atoms with van der Waals surface area (Å²) in [6, 6.07) is 9.83. The molecule has 1 amide bonds. The number of carboxylic acid groups (broad SMARTS) is 1. The molecule has 0 saturated heterocycles. The third kappa shape index (κ3) is 3.26. The van der Waals surface area contributed by atoms with Crippen LogP contribution in [-0.2, 0) is 9.59 Å². The van der Waals surface area contributed by atoms with Crippen LogP contribution in [-0.4, -0.2) is 22.5 Å². The summed E-state index contributed by atoms with van der Waals surface area (Å²) in [6.45, 7) is 0. The van der Waals surface area contributed by atoms with Crippen LogP contribution in [0.3, 0.4) is 0 Å². The summed E-state index contributed by atoms with van der Waals surface area (Å²) in [5.41, 5.74) is -0.0432. The first-order chi connectivity index (χ1) is 11.1. The molecule has 2 saturated carbocycles. The Balaban J connectivity index is 1.84. The van der Waals surface area contributed by atoms with Crippen molar-refractivity contribution in [3.05, 3.63) is 35.9 Å². The zero-order valence-corrected chi connectivity index (χ0v) is 13.5. The minimum atomic E-state index is -1.05. The molecule has 1 atom stereocenters. The van der Waals surface area contributed by atoms with Gasteiger partial charge in [0.1, 0.15) is 5.54 Å². The van der Waals surface area contributed by atoms with Gasteiger partial charge in [0.05, 0.1) is 5.92 Å². The Morgan fingerprint density at radius 2 is 1.65 bits per heavy atom. The highest BCUT2D eigenvalue weighted by Gasteiger charge is 2.44. The molecule has 2 aliphatic rings. The molecule has 0 bridgehead atoms. The highest BCUT2D eigenvalue weighted by atomic mass is 16.4. The lowest BCUT2D eigenvalue weighted by Crippen LogP contribution is -2.54. The molecular formula is C19H25NO3. The Labute approximate surface area is 137 Å². The maximum Gasteiger partial charge on any atom is 0.329 e. The van der Waals surface area contributed by atoms with E-state index in [1.807, 2.05) is 30.3 Å². The maximum absolute atomic E-state index is 13.0. The van der Waals surface area contributed by atoms with Crippen molar-refractivity contribution in [3.8, 4) is 0 Å². The van der Waals surface area contributed by atoms with Gasteiger partial charge < -0.3 is 10.4 Å². The lowest BCUT2D eigenvalue weighted by atomic mass is 9.83. The van der Waals surface area contributed by atoms with E-state index in [0.29, 0.717) is 18.8 Å². The number of benzene rings is 1. The third-order valence-electron chi connectivity index (χ3n) is 5.54. The zero-order valence-electron chi connectivity index (χ0n) is 13.5. The molecule has 0 radical (unpaired) electrons. The van der Waals surface area contributed by atoms with E-state index in [1.54, 1.807) is 0 Å². The van der Waals surface area contributed by atoms with Gasteiger partial charge >= 0.3 is 5.97 Å². The van der Waals surface area contributed by atoms with Crippen molar-refractivity contribution in [1.29, 1.82) is 0 Å². The normalized spacial score (nSPS) is 21.9. The molecular weight excluding hydrogens is 290 g/mol. The van der Waals surface area contributed by atoms with Crippen LogP contribution < -0.4 is 5.32 Å². The quantitative estimate of drug-likeness (QED) is 0.874. The van der Waals surface area contributed by atoms with Gasteiger partial charge in [-0.15, -0.1) is 0 Å². The molecule has 3 rings (SSSR count). The average Bonchev–Trinajstić information content (AvgIpc) is 3.21. The molecule has 23 heavy (non-hydrogen) atoms. The van der Waals surface area contributed by atoms with E-state index in [4.69, 9.17) is 0 Å². The van der Waals surface area contributed by atoms with Gasteiger partial charge in [-0.05, 0) is 37.2 Å². The van der Waals surface area contributed by atoms with Gasteiger partial charge in [0, 0.05) is 0 Å². The van der Waals surface area contributed by atoms with Gasteiger partial charge in [-0.25, -0.2) is 4.79 Å². The van der Waals surface area contributed by atoms with Crippen molar-refractivity contribution >= 4 is 11.9 Å². The number of hydrogen-bond acceptors (Lipinski definition) is 2. The first-order valence-corrected chi connectivity index (χ1v) is 8.73. The van der Waals surface area contributed by atoms with Crippen LogP contribution in [0.5, 0.6) is 0 Å². The number of nitrogens with one attached hydrogen (secondary N) is 1. The van der Waals surface area contributed by atoms with Crippen molar-refractivity contribution in [1.82, 2.24) is 5.32 Å². The number of rotatable bonds is 5. The maximum atomic E-state index is 13.0. The lowest BCUT2D eigenvalue weighted by molar-refractivity contribution is -0.147. The standard InChI is InChI=1S/C19H25NO3/c21-17(20-19(18(22)23)12-6-7-13-19)16(15-10-4-5-11-15)14-8-2-1-3-9-14/h1-3,8-9,15-16H,4-7,10-13H2,(H,20,21)(H,22,23)/t16-/m0/s1. The second kappa shape index (κ2) is 6.73. The predicted octanol–water partition coefficient (Wildman–Crippen LogP) is 3.47. The second-order valence-electron chi connectivity index (χ2n) is 7.02. The van der Waals surface area contributed by atoms with Crippen LogP contribution in [0.25, 0.3) is 0 Å². The van der Waals surface area contributed by atoms with E-state index in [2.05, 4.69) is 5.32 Å². The van der Waals surface area contributed by atoms with E-state index >= 15 is 0 Å². The first kappa shape index (κ1) is 16.0. The molecule has 0 heterocycles.